The van der Waals surface area contributed by atoms with Crippen molar-refractivity contribution in [1.29, 1.82) is 0 Å². The van der Waals surface area contributed by atoms with Crippen LogP contribution >= 0.6 is 0 Å². The predicted molar refractivity (Wildman–Crippen MR) is 89.3 cm³/mol. The number of rotatable bonds is 7. The molecule has 0 radical (unpaired) electrons. The normalized spacial score (nSPS) is 11.5. The van der Waals surface area contributed by atoms with Crippen LogP contribution in [0.2, 0.25) is 0 Å². The molecule has 0 aliphatic heterocycles. The fourth-order valence-electron chi connectivity index (χ4n) is 2.10. The maximum absolute atomic E-state index is 11.6. The van der Waals surface area contributed by atoms with Crippen molar-refractivity contribution in [3.63, 3.8) is 0 Å². The molecule has 0 saturated heterocycles. The second-order valence-electron chi connectivity index (χ2n) is 6.37. The number of aryl methyl sites for hydroxylation is 1. The largest absolute Gasteiger partial charge is 0.460 e. The SMILES string of the molecule is Cc1nc(-c2ccccn2)n(CCOCCC(=O)OC(C)(C)C)n1. The Balaban J connectivity index is 1.80. The first-order chi connectivity index (χ1) is 11.3. The van der Waals surface area contributed by atoms with Crippen LogP contribution in [-0.2, 0) is 20.8 Å². The third kappa shape index (κ3) is 5.73. The lowest BCUT2D eigenvalue weighted by Crippen LogP contribution is -2.24. The highest BCUT2D eigenvalue weighted by molar-refractivity contribution is 5.69. The topological polar surface area (TPSA) is 79.1 Å². The third-order valence-electron chi connectivity index (χ3n) is 2.99. The lowest BCUT2D eigenvalue weighted by molar-refractivity contribution is -0.156. The van der Waals surface area contributed by atoms with Gasteiger partial charge in [0.2, 0.25) is 0 Å². The van der Waals surface area contributed by atoms with Crippen molar-refractivity contribution in [2.75, 3.05) is 13.2 Å². The van der Waals surface area contributed by atoms with E-state index < -0.39 is 5.60 Å². The minimum Gasteiger partial charge on any atom is -0.460 e. The van der Waals surface area contributed by atoms with E-state index in [9.17, 15) is 4.79 Å². The molecule has 2 rings (SSSR count). The lowest BCUT2D eigenvalue weighted by Gasteiger charge is -2.19. The zero-order valence-electron chi connectivity index (χ0n) is 14.7. The van der Waals surface area contributed by atoms with Gasteiger partial charge in [-0.2, -0.15) is 5.10 Å². The first-order valence-corrected chi connectivity index (χ1v) is 7.97. The van der Waals surface area contributed by atoms with Gasteiger partial charge in [0.25, 0.3) is 0 Å². The molecule has 0 aliphatic carbocycles. The Morgan fingerprint density at radius 3 is 2.71 bits per heavy atom. The molecule has 7 nitrogen and oxygen atoms in total. The molecular formula is C17H24N4O3. The molecule has 0 fully saturated rings. The lowest BCUT2D eigenvalue weighted by atomic mass is 10.2. The average Bonchev–Trinajstić information content (AvgIpc) is 2.87. The number of carbonyl (C=O) groups excluding carboxylic acids is 1. The summed E-state index contributed by atoms with van der Waals surface area (Å²) in [6.07, 6.45) is 1.96. The molecule has 0 aromatic carbocycles. The summed E-state index contributed by atoms with van der Waals surface area (Å²) in [5.74, 6) is 1.14. The van der Waals surface area contributed by atoms with Crippen LogP contribution in [0.25, 0.3) is 11.5 Å². The summed E-state index contributed by atoms with van der Waals surface area (Å²) in [7, 11) is 0. The summed E-state index contributed by atoms with van der Waals surface area (Å²) < 4.78 is 12.5. The molecule has 0 amide bonds. The molecule has 2 aromatic rings. The molecule has 0 atom stereocenters. The van der Waals surface area contributed by atoms with Gasteiger partial charge < -0.3 is 9.47 Å². The van der Waals surface area contributed by atoms with Crippen molar-refractivity contribution in [1.82, 2.24) is 19.7 Å². The first kappa shape index (κ1) is 18.1. The number of hydrogen-bond donors (Lipinski definition) is 0. The van der Waals surface area contributed by atoms with Gasteiger partial charge in [-0.25, -0.2) is 9.67 Å². The van der Waals surface area contributed by atoms with Crippen LogP contribution in [0.4, 0.5) is 0 Å². The van der Waals surface area contributed by atoms with Gasteiger partial charge in [-0.1, -0.05) is 6.07 Å². The van der Waals surface area contributed by atoms with Gasteiger partial charge in [0.1, 0.15) is 17.1 Å². The van der Waals surface area contributed by atoms with E-state index >= 15 is 0 Å². The van der Waals surface area contributed by atoms with Crippen molar-refractivity contribution in [2.24, 2.45) is 0 Å². The Morgan fingerprint density at radius 1 is 1.25 bits per heavy atom. The zero-order chi connectivity index (χ0) is 17.6. The van der Waals surface area contributed by atoms with E-state index in [2.05, 4.69) is 15.1 Å². The van der Waals surface area contributed by atoms with Crippen LogP contribution in [0.3, 0.4) is 0 Å². The number of aromatic nitrogens is 4. The van der Waals surface area contributed by atoms with Crippen LogP contribution in [0.1, 0.15) is 33.0 Å². The van der Waals surface area contributed by atoms with Gasteiger partial charge in [0, 0.05) is 6.20 Å². The van der Waals surface area contributed by atoms with Gasteiger partial charge in [-0.3, -0.25) is 9.78 Å². The highest BCUT2D eigenvalue weighted by Gasteiger charge is 2.16. The number of pyridine rings is 1. The van der Waals surface area contributed by atoms with Crippen molar-refractivity contribution in [3.05, 3.63) is 30.2 Å². The van der Waals surface area contributed by atoms with Gasteiger partial charge in [-0.05, 0) is 39.8 Å². The average molecular weight is 332 g/mol. The Kier molecular flexibility index (Phi) is 6.03. The Hall–Kier alpha value is -2.28. The number of nitrogens with zero attached hydrogens (tertiary/aromatic N) is 4. The fraction of sp³-hybridized carbons (Fsp3) is 0.529. The molecule has 2 heterocycles. The van der Waals surface area contributed by atoms with Crippen LogP contribution < -0.4 is 0 Å². The van der Waals surface area contributed by atoms with E-state index in [0.29, 0.717) is 31.4 Å². The summed E-state index contributed by atoms with van der Waals surface area (Å²) in [6, 6.07) is 5.66. The van der Waals surface area contributed by atoms with Crippen LogP contribution in [0, 0.1) is 6.92 Å². The Morgan fingerprint density at radius 2 is 2.04 bits per heavy atom. The van der Waals surface area contributed by atoms with Crippen LogP contribution in [0.15, 0.2) is 24.4 Å². The number of carbonyl (C=O) groups is 1. The van der Waals surface area contributed by atoms with Crippen molar-refractivity contribution < 1.29 is 14.3 Å². The van der Waals surface area contributed by atoms with Crippen molar-refractivity contribution >= 4 is 5.97 Å². The highest BCUT2D eigenvalue weighted by Crippen LogP contribution is 2.14. The van der Waals surface area contributed by atoms with E-state index in [0.717, 1.165) is 5.69 Å². The van der Waals surface area contributed by atoms with Gasteiger partial charge in [0.15, 0.2) is 5.82 Å². The smallest absolute Gasteiger partial charge is 0.308 e. The Bertz CT molecular complexity index is 662. The van der Waals surface area contributed by atoms with E-state index in [-0.39, 0.29) is 12.4 Å². The fourth-order valence-corrected chi connectivity index (χ4v) is 2.10. The molecule has 130 valence electrons. The number of hydrogen-bond acceptors (Lipinski definition) is 6. The van der Waals surface area contributed by atoms with E-state index in [1.807, 2.05) is 45.9 Å². The van der Waals surface area contributed by atoms with Gasteiger partial charge >= 0.3 is 5.97 Å². The molecule has 0 aliphatic rings. The van der Waals surface area contributed by atoms with E-state index in [1.54, 1.807) is 10.9 Å². The summed E-state index contributed by atoms with van der Waals surface area (Å²) in [5, 5.41) is 4.36. The number of esters is 1. The van der Waals surface area contributed by atoms with Crippen LogP contribution in [0.5, 0.6) is 0 Å². The van der Waals surface area contributed by atoms with Gasteiger partial charge in [0.05, 0.1) is 26.2 Å². The maximum Gasteiger partial charge on any atom is 0.308 e. The molecule has 0 saturated carbocycles. The van der Waals surface area contributed by atoms with Crippen LogP contribution in [-0.4, -0.2) is 44.5 Å². The Labute approximate surface area is 142 Å². The summed E-state index contributed by atoms with van der Waals surface area (Å²) in [6.45, 7) is 8.67. The standard InChI is InChI=1S/C17H24N4O3/c1-13-19-16(14-7-5-6-9-18-14)21(20-13)10-12-23-11-8-15(22)24-17(2,3)4/h5-7,9H,8,10-12H2,1-4H3. The first-order valence-electron chi connectivity index (χ1n) is 7.97. The zero-order valence-corrected chi connectivity index (χ0v) is 14.7. The minimum absolute atomic E-state index is 0.237. The molecular weight excluding hydrogens is 308 g/mol. The predicted octanol–water partition coefficient (Wildman–Crippen LogP) is 2.40. The minimum atomic E-state index is -0.465. The molecule has 0 unspecified atom stereocenters. The molecule has 0 bridgehead atoms. The van der Waals surface area contributed by atoms with Crippen molar-refractivity contribution in [3.8, 4) is 11.5 Å². The highest BCUT2D eigenvalue weighted by atomic mass is 16.6. The maximum atomic E-state index is 11.6. The molecule has 0 N–H and O–H groups in total. The summed E-state index contributed by atoms with van der Waals surface area (Å²) >= 11 is 0. The molecule has 2 aromatic heterocycles. The van der Waals surface area contributed by atoms with E-state index in [1.165, 1.54) is 0 Å². The second kappa shape index (κ2) is 8.01. The monoisotopic (exact) mass is 332 g/mol. The summed E-state index contributed by atoms with van der Waals surface area (Å²) in [5.41, 5.74) is 0.305. The van der Waals surface area contributed by atoms with E-state index in [4.69, 9.17) is 9.47 Å². The summed E-state index contributed by atoms with van der Waals surface area (Å²) in [4.78, 5) is 20.3. The van der Waals surface area contributed by atoms with Gasteiger partial charge in [-0.15, -0.1) is 0 Å². The second-order valence-corrected chi connectivity index (χ2v) is 6.37. The molecule has 24 heavy (non-hydrogen) atoms. The quantitative estimate of drug-likeness (QED) is 0.572. The van der Waals surface area contributed by atoms with Crippen molar-refractivity contribution in [2.45, 2.75) is 46.3 Å². The molecule has 0 spiro atoms. The number of ether oxygens (including phenoxy) is 2. The molecule has 7 heteroatoms. The third-order valence-corrected chi connectivity index (χ3v) is 2.99.